The molecule has 1 aromatic carbocycles. The quantitative estimate of drug-likeness (QED) is 0.803. The van der Waals surface area contributed by atoms with Gasteiger partial charge in [0, 0.05) is 23.6 Å². The van der Waals surface area contributed by atoms with Crippen LogP contribution in [0.2, 0.25) is 5.02 Å². The molecule has 15 heavy (non-hydrogen) atoms. The van der Waals surface area contributed by atoms with Gasteiger partial charge in [-0.1, -0.05) is 11.6 Å². The summed E-state index contributed by atoms with van der Waals surface area (Å²) in [5, 5.41) is 10.6. The Morgan fingerprint density at radius 2 is 2.27 bits per heavy atom. The minimum Gasteiger partial charge on any atom is -0.383 e. The second kappa shape index (κ2) is 3.74. The highest BCUT2D eigenvalue weighted by Gasteiger charge is 2.37. The second-order valence-electron chi connectivity index (χ2n) is 3.92. The van der Waals surface area contributed by atoms with E-state index in [0.29, 0.717) is 23.6 Å². The maximum absolute atomic E-state index is 13.8. The van der Waals surface area contributed by atoms with Crippen molar-refractivity contribution in [3.05, 3.63) is 34.1 Å². The van der Waals surface area contributed by atoms with Crippen molar-refractivity contribution in [3.8, 4) is 0 Å². The van der Waals surface area contributed by atoms with Crippen molar-refractivity contribution >= 4 is 11.6 Å². The molecule has 1 aliphatic rings. The molecule has 0 saturated carbocycles. The van der Waals surface area contributed by atoms with Gasteiger partial charge in [-0.15, -0.1) is 0 Å². The highest BCUT2D eigenvalue weighted by atomic mass is 35.5. The highest BCUT2D eigenvalue weighted by molar-refractivity contribution is 6.30. The van der Waals surface area contributed by atoms with Crippen molar-refractivity contribution in [1.29, 1.82) is 0 Å². The van der Waals surface area contributed by atoms with Gasteiger partial charge < -0.3 is 9.84 Å². The van der Waals surface area contributed by atoms with Gasteiger partial charge in [0.2, 0.25) is 0 Å². The van der Waals surface area contributed by atoms with Gasteiger partial charge in [-0.3, -0.25) is 0 Å². The van der Waals surface area contributed by atoms with Crippen LogP contribution in [0, 0.1) is 12.7 Å². The van der Waals surface area contributed by atoms with Gasteiger partial charge in [0.15, 0.2) is 0 Å². The first kappa shape index (κ1) is 10.9. The van der Waals surface area contributed by atoms with Crippen molar-refractivity contribution < 1.29 is 14.2 Å². The molecule has 1 atom stereocenters. The number of halogens is 2. The number of hydrogen-bond acceptors (Lipinski definition) is 2. The van der Waals surface area contributed by atoms with E-state index < -0.39 is 11.4 Å². The largest absolute Gasteiger partial charge is 0.383 e. The predicted molar refractivity (Wildman–Crippen MR) is 55.5 cm³/mol. The molecule has 1 fully saturated rings. The molecule has 0 aromatic heterocycles. The molecule has 0 amide bonds. The van der Waals surface area contributed by atoms with E-state index in [1.807, 2.05) is 0 Å². The van der Waals surface area contributed by atoms with Gasteiger partial charge in [0.25, 0.3) is 0 Å². The normalized spacial score (nSPS) is 25.9. The third-order valence-corrected chi connectivity index (χ3v) is 2.94. The Morgan fingerprint density at radius 1 is 1.53 bits per heavy atom. The molecule has 2 rings (SSSR count). The Bertz CT molecular complexity index is 386. The molecule has 2 nitrogen and oxygen atoms in total. The molecule has 0 aliphatic carbocycles. The summed E-state index contributed by atoms with van der Waals surface area (Å²) in [6.07, 6.45) is 0.406. The lowest BCUT2D eigenvalue weighted by atomic mass is 9.91. The van der Waals surface area contributed by atoms with E-state index in [-0.39, 0.29) is 12.2 Å². The molecule has 1 heterocycles. The minimum atomic E-state index is -1.22. The van der Waals surface area contributed by atoms with Crippen LogP contribution in [0.25, 0.3) is 0 Å². The Kier molecular flexibility index (Phi) is 2.71. The molecule has 1 N–H and O–H groups in total. The van der Waals surface area contributed by atoms with E-state index in [4.69, 9.17) is 16.3 Å². The smallest absolute Gasteiger partial charge is 0.132 e. The summed E-state index contributed by atoms with van der Waals surface area (Å²) < 4.78 is 18.9. The highest BCUT2D eigenvalue weighted by Crippen LogP contribution is 2.34. The SMILES string of the molecule is Cc1cc(Cl)cc(C2(O)CCOC2)c1F. The lowest BCUT2D eigenvalue weighted by Gasteiger charge is -2.22. The van der Waals surface area contributed by atoms with E-state index in [9.17, 15) is 9.50 Å². The second-order valence-corrected chi connectivity index (χ2v) is 4.35. The van der Waals surface area contributed by atoms with Crippen LogP contribution in [0.4, 0.5) is 4.39 Å². The number of ether oxygens (including phenoxy) is 1. The molecule has 1 unspecified atom stereocenters. The molecule has 0 bridgehead atoms. The van der Waals surface area contributed by atoms with E-state index in [1.54, 1.807) is 13.0 Å². The van der Waals surface area contributed by atoms with Crippen LogP contribution in [0.5, 0.6) is 0 Å². The summed E-state index contributed by atoms with van der Waals surface area (Å²) in [5.41, 5.74) is -0.539. The monoisotopic (exact) mass is 230 g/mol. The lowest BCUT2D eigenvalue weighted by Crippen LogP contribution is -2.27. The molecule has 4 heteroatoms. The number of benzene rings is 1. The van der Waals surface area contributed by atoms with Crippen LogP contribution < -0.4 is 0 Å². The van der Waals surface area contributed by atoms with Crippen molar-refractivity contribution in [2.24, 2.45) is 0 Å². The topological polar surface area (TPSA) is 29.5 Å². The summed E-state index contributed by atoms with van der Waals surface area (Å²) in [7, 11) is 0. The van der Waals surface area contributed by atoms with Crippen LogP contribution in [0.15, 0.2) is 12.1 Å². The van der Waals surface area contributed by atoms with E-state index in [2.05, 4.69) is 0 Å². The Labute approximate surface area is 92.6 Å². The number of aliphatic hydroxyl groups is 1. The Morgan fingerprint density at radius 3 is 2.87 bits per heavy atom. The maximum Gasteiger partial charge on any atom is 0.132 e. The maximum atomic E-state index is 13.8. The van der Waals surface area contributed by atoms with Gasteiger partial charge in [-0.2, -0.15) is 0 Å². The van der Waals surface area contributed by atoms with Crippen LogP contribution in [-0.2, 0) is 10.3 Å². The standard InChI is InChI=1S/C11H12ClFO2/c1-7-4-8(12)5-9(10(7)13)11(14)2-3-15-6-11/h4-5,14H,2-3,6H2,1H3. The number of aryl methyl sites for hydroxylation is 1. The Balaban J connectivity index is 2.51. The molecule has 0 spiro atoms. The fraction of sp³-hybridized carbons (Fsp3) is 0.455. The van der Waals surface area contributed by atoms with Crippen LogP contribution in [0.3, 0.4) is 0 Å². The molecular formula is C11H12ClFO2. The zero-order chi connectivity index (χ0) is 11.1. The fourth-order valence-electron chi connectivity index (χ4n) is 1.83. The molecule has 0 radical (unpaired) electrons. The van der Waals surface area contributed by atoms with Crippen LogP contribution in [-0.4, -0.2) is 18.3 Å². The molecule has 82 valence electrons. The zero-order valence-corrected chi connectivity index (χ0v) is 9.14. The van der Waals surface area contributed by atoms with E-state index >= 15 is 0 Å². The average molecular weight is 231 g/mol. The lowest BCUT2D eigenvalue weighted by molar-refractivity contribution is 0.0201. The number of hydrogen-bond donors (Lipinski definition) is 1. The van der Waals surface area contributed by atoms with Gasteiger partial charge in [-0.05, 0) is 24.6 Å². The third-order valence-electron chi connectivity index (χ3n) is 2.72. The summed E-state index contributed by atoms with van der Waals surface area (Å²) in [6.45, 7) is 2.20. The first-order chi connectivity index (χ1) is 7.03. The molecule has 1 saturated heterocycles. The van der Waals surface area contributed by atoms with Crippen molar-refractivity contribution in [2.45, 2.75) is 18.9 Å². The minimum absolute atomic E-state index is 0.129. The Hall–Kier alpha value is -0.640. The third kappa shape index (κ3) is 1.87. The average Bonchev–Trinajstić information content (AvgIpc) is 2.59. The van der Waals surface area contributed by atoms with Crippen molar-refractivity contribution in [2.75, 3.05) is 13.2 Å². The van der Waals surface area contributed by atoms with Crippen LogP contribution in [0.1, 0.15) is 17.5 Å². The summed E-state index contributed by atoms with van der Waals surface area (Å²) in [4.78, 5) is 0. The fourth-order valence-corrected chi connectivity index (χ4v) is 2.10. The van der Waals surface area contributed by atoms with Gasteiger partial charge >= 0.3 is 0 Å². The van der Waals surface area contributed by atoms with E-state index in [0.717, 1.165) is 0 Å². The van der Waals surface area contributed by atoms with Gasteiger partial charge in [-0.25, -0.2) is 4.39 Å². The molecule has 1 aliphatic heterocycles. The molecular weight excluding hydrogens is 219 g/mol. The van der Waals surface area contributed by atoms with Crippen molar-refractivity contribution in [3.63, 3.8) is 0 Å². The van der Waals surface area contributed by atoms with Gasteiger partial charge in [0.1, 0.15) is 11.4 Å². The number of rotatable bonds is 1. The zero-order valence-electron chi connectivity index (χ0n) is 8.39. The summed E-state index contributed by atoms with van der Waals surface area (Å²) >= 11 is 5.84. The van der Waals surface area contributed by atoms with Crippen molar-refractivity contribution in [1.82, 2.24) is 0 Å². The first-order valence-electron chi connectivity index (χ1n) is 4.79. The van der Waals surface area contributed by atoms with Gasteiger partial charge in [0.05, 0.1) is 6.61 Å². The summed E-state index contributed by atoms with van der Waals surface area (Å²) in [6, 6.07) is 3.01. The van der Waals surface area contributed by atoms with E-state index in [1.165, 1.54) is 6.07 Å². The predicted octanol–water partition coefficient (Wildman–Crippen LogP) is 2.40. The van der Waals surface area contributed by atoms with Crippen LogP contribution >= 0.6 is 11.6 Å². The molecule has 1 aromatic rings. The first-order valence-corrected chi connectivity index (χ1v) is 5.17. The summed E-state index contributed by atoms with van der Waals surface area (Å²) in [5.74, 6) is -0.396.